The van der Waals surface area contributed by atoms with Gasteiger partial charge in [-0.3, -0.25) is 9.78 Å². The van der Waals surface area contributed by atoms with E-state index in [0.717, 1.165) is 27.5 Å². The van der Waals surface area contributed by atoms with Gasteiger partial charge in [0, 0.05) is 23.5 Å². The Bertz CT molecular complexity index is 1080. The van der Waals surface area contributed by atoms with Gasteiger partial charge in [0.2, 0.25) is 5.91 Å². The molecular weight excluding hydrogens is 346 g/mol. The molecule has 1 aromatic heterocycles. The predicted molar refractivity (Wildman–Crippen MR) is 112 cm³/mol. The van der Waals surface area contributed by atoms with E-state index in [4.69, 9.17) is 0 Å². The zero-order valence-electron chi connectivity index (χ0n) is 15.2. The number of nitrogens with one attached hydrogen (secondary N) is 1. The lowest BCUT2D eigenvalue weighted by Gasteiger charge is -2.09. The summed E-state index contributed by atoms with van der Waals surface area (Å²) in [6.45, 7) is 0. The standard InChI is InChI=1S/C24H19N3O/c28-23(17-21-11-6-10-18-7-4-5-12-22(18)21)26-27-24(19-8-2-1-3-9-19)20-13-15-25-16-14-20/h1-16H,17H2,(H,26,28)/b27-24+. The Kier molecular flexibility index (Phi) is 5.20. The number of nitrogens with zero attached hydrogens (tertiary/aromatic N) is 2. The van der Waals surface area contributed by atoms with E-state index in [9.17, 15) is 4.79 Å². The number of rotatable bonds is 5. The van der Waals surface area contributed by atoms with Crippen LogP contribution in [-0.2, 0) is 11.2 Å². The molecule has 0 aliphatic carbocycles. The van der Waals surface area contributed by atoms with Crippen LogP contribution in [0.4, 0.5) is 0 Å². The molecule has 4 aromatic rings. The first-order valence-corrected chi connectivity index (χ1v) is 9.10. The van der Waals surface area contributed by atoms with Crippen LogP contribution in [0.25, 0.3) is 10.8 Å². The van der Waals surface area contributed by atoms with Crippen LogP contribution in [-0.4, -0.2) is 16.6 Å². The van der Waals surface area contributed by atoms with Gasteiger partial charge in [0.25, 0.3) is 0 Å². The molecular formula is C24H19N3O. The molecule has 0 spiro atoms. The van der Waals surface area contributed by atoms with E-state index >= 15 is 0 Å². The number of fused-ring (bicyclic) bond motifs is 1. The lowest BCUT2D eigenvalue weighted by atomic mass is 10.0. The molecule has 1 heterocycles. The van der Waals surface area contributed by atoms with Crippen LogP contribution in [0.15, 0.2) is 102 Å². The van der Waals surface area contributed by atoms with Crippen LogP contribution >= 0.6 is 0 Å². The number of carbonyl (C=O) groups excluding carboxylic acids is 1. The largest absolute Gasteiger partial charge is 0.273 e. The number of benzene rings is 3. The molecule has 4 heteroatoms. The zero-order valence-corrected chi connectivity index (χ0v) is 15.2. The Labute approximate surface area is 163 Å². The monoisotopic (exact) mass is 365 g/mol. The molecule has 136 valence electrons. The van der Waals surface area contributed by atoms with Crippen molar-refractivity contribution in [3.8, 4) is 0 Å². The first kappa shape index (κ1) is 17.6. The fraction of sp³-hybridized carbons (Fsp3) is 0.0417. The highest BCUT2D eigenvalue weighted by atomic mass is 16.2. The average Bonchev–Trinajstić information content (AvgIpc) is 2.76. The van der Waals surface area contributed by atoms with Gasteiger partial charge >= 0.3 is 0 Å². The van der Waals surface area contributed by atoms with E-state index in [2.05, 4.69) is 15.5 Å². The van der Waals surface area contributed by atoms with E-state index in [0.29, 0.717) is 5.71 Å². The Morgan fingerprint density at radius 2 is 1.46 bits per heavy atom. The van der Waals surface area contributed by atoms with Gasteiger partial charge in [-0.1, -0.05) is 72.8 Å². The molecule has 0 saturated carbocycles. The van der Waals surface area contributed by atoms with Gasteiger partial charge in [0.1, 0.15) is 0 Å². The van der Waals surface area contributed by atoms with Gasteiger partial charge in [-0.05, 0) is 28.5 Å². The van der Waals surface area contributed by atoms with Gasteiger partial charge < -0.3 is 0 Å². The second kappa shape index (κ2) is 8.27. The van der Waals surface area contributed by atoms with E-state index in [1.165, 1.54) is 0 Å². The van der Waals surface area contributed by atoms with Crippen molar-refractivity contribution in [1.82, 2.24) is 10.4 Å². The summed E-state index contributed by atoms with van der Waals surface area (Å²) >= 11 is 0. The number of hydrogen-bond donors (Lipinski definition) is 1. The molecule has 0 bridgehead atoms. The second-order valence-electron chi connectivity index (χ2n) is 6.41. The minimum Gasteiger partial charge on any atom is -0.273 e. The third kappa shape index (κ3) is 3.96. The summed E-state index contributed by atoms with van der Waals surface area (Å²) in [6, 6.07) is 27.6. The van der Waals surface area contributed by atoms with Crippen LogP contribution in [0.2, 0.25) is 0 Å². The van der Waals surface area contributed by atoms with E-state index in [-0.39, 0.29) is 12.3 Å². The summed E-state index contributed by atoms with van der Waals surface area (Å²) in [7, 11) is 0. The third-order valence-corrected chi connectivity index (χ3v) is 4.52. The minimum absolute atomic E-state index is 0.154. The van der Waals surface area contributed by atoms with Gasteiger partial charge in [0.05, 0.1) is 12.1 Å². The summed E-state index contributed by atoms with van der Waals surface area (Å²) in [4.78, 5) is 16.7. The summed E-state index contributed by atoms with van der Waals surface area (Å²) < 4.78 is 0. The Balaban J connectivity index is 1.59. The molecule has 0 fully saturated rings. The molecule has 0 radical (unpaired) electrons. The number of pyridine rings is 1. The Hall–Kier alpha value is -3.79. The van der Waals surface area contributed by atoms with Crippen molar-refractivity contribution in [3.63, 3.8) is 0 Å². The quantitative estimate of drug-likeness (QED) is 0.422. The first-order valence-electron chi connectivity index (χ1n) is 9.10. The Morgan fingerprint density at radius 3 is 2.29 bits per heavy atom. The van der Waals surface area contributed by atoms with Crippen LogP contribution in [0.5, 0.6) is 0 Å². The van der Waals surface area contributed by atoms with Crippen molar-refractivity contribution in [1.29, 1.82) is 0 Å². The number of aromatic nitrogens is 1. The summed E-state index contributed by atoms with van der Waals surface area (Å²) in [6.07, 6.45) is 3.70. The molecule has 0 saturated heterocycles. The smallest absolute Gasteiger partial charge is 0.244 e. The Morgan fingerprint density at radius 1 is 0.786 bits per heavy atom. The number of hydrazone groups is 1. The minimum atomic E-state index is -0.154. The molecule has 0 unspecified atom stereocenters. The highest BCUT2D eigenvalue weighted by Gasteiger charge is 2.10. The molecule has 28 heavy (non-hydrogen) atoms. The maximum Gasteiger partial charge on any atom is 0.244 e. The van der Waals surface area contributed by atoms with Crippen LogP contribution in [0, 0.1) is 0 Å². The topological polar surface area (TPSA) is 54.4 Å². The summed E-state index contributed by atoms with van der Waals surface area (Å²) in [5.41, 5.74) is 6.23. The number of hydrogen-bond acceptors (Lipinski definition) is 3. The predicted octanol–water partition coefficient (Wildman–Crippen LogP) is 4.35. The second-order valence-corrected chi connectivity index (χ2v) is 6.41. The van der Waals surface area contributed by atoms with Crippen molar-refractivity contribution < 1.29 is 4.79 Å². The van der Waals surface area contributed by atoms with Crippen LogP contribution < -0.4 is 5.43 Å². The SMILES string of the molecule is O=C(Cc1cccc2ccccc12)N/N=C(\c1ccccc1)c1ccncc1. The van der Waals surface area contributed by atoms with Gasteiger partial charge in [-0.2, -0.15) is 5.10 Å². The summed E-state index contributed by atoms with van der Waals surface area (Å²) in [5.74, 6) is -0.154. The lowest BCUT2D eigenvalue weighted by Crippen LogP contribution is -2.22. The molecule has 0 atom stereocenters. The maximum atomic E-state index is 12.6. The van der Waals surface area contributed by atoms with E-state index in [1.54, 1.807) is 12.4 Å². The normalized spacial score (nSPS) is 11.4. The summed E-state index contributed by atoms with van der Waals surface area (Å²) in [5, 5.41) is 6.64. The molecule has 1 amide bonds. The molecule has 3 aromatic carbocycles. The number of carbonyl (C=O) groups is 1. The van der Waals surface area contributed by atoms with Crippen molar-refractivity contribution in [3.05, 3.63) is 114 Å². The van der Waals surface area contributed by atoms with E-state index < -0.39 is 0 Å². The molecule has 4 nitrogen and oxygen atoms in total. The zero-order chi connectivity index (χ0) is 19.2. The van der Waals surface area contributed by atoms with Crippen molar-refractivity contribution in [2.45, 2.75) is 6.42 Å². The molecule has 4 rings (SSSR count). The fourth-order valence-corrected chi connectivity index (χ4v) is 3.18. The van der Waals surface area contributed by atoms with Gasteiger partial charge in [-0.25, -0.2) is 5.43 Å². The van der Waals surface area contributed by atoms with Crippen LogP contribution in [0.1, 0.15) is 16.7 Å². The average molecular weight is 365 g/mol. The maximum absolute atomic E-state index is 12.6. The van der Waals surface area contributed by atoms with Crippen molar-refractivity contribution >= 4 is 22.4 Å². The molecule has 0 aliphatic heterocycles. The third-order valence-electron chi connectivity index (χ3n) is 4.52. The highest BCUT2D eigenvalue weighted by Crippen LogP contribution is 2.19. The lowest BCUT2D eigenvalue weighted by molar-refractivity contribution is -0.120. The van der Waals surface area contributed by atoms with Gasteiger partial charge in [-0.15, -0.1) is 0 Å². The highest BCUT2D eigenvalue weighted by molar-refractivity contribution is 6.13. The van der Waals surface area contributed by atoms with Crippen LogP contribution in [0.3, 0.4) is 0 Å². The van der Waals surface area contributed by atoms with E-state index in [1.807, 2.05) is 84.9 Å². The fourth-order valence-electron chi connectivity index (χ4n) is 3.18. The van der Waals surface area contributed by atoms with Crippen molar-refractivity contribution in [2.24, 2.45) is 5.10 Å². The van der Waals surface area contributed by atoms with Gasteiger partial charge in [0.15, 0.2) is 0 Å². The number of amides is 1. The molecule has 1 N–H and O–H groups in total. The van der Waals surface area contributed by atoms with Crippen molar-refractivity contribution in [2.75, 3.05) is 0 Å². The molecule has 0 aliphatic rings. The first-order chi connectivity index (χ1) is 13.8.